The van der Waals surface area contributed by atoms with Crippen LogP contribution >= 0.6 is 0 Å². The van der Waals surface area contributed by atoms with Crippen LogP contribution in [0.4, 0.5) is 0 Å². The quantitative estimate of drug-likeness (QED) is 0.706. The van der Waals surface area contributed by atoms with Crippen LogP contribution in [0.2, 0.25) is 0 Å². The number of hydrogen-bond donors (Lipinski definition) is 2. The molecule has 2 heteroatoms. The lowest BCUT2D eigenvalue weighted by Crippen LogP contribution is -2.41. The van der Waals surface area contributed by atoms with Gasteiger partial charge < -0.3 is 11.1 Å². The van der Waals surface area contributed by atoms with Crippen molar-refractivity contribution in [2.45, 2.75) is 70.3 Å². The second kappa shape index (κ2) is 6.58. The first-order valence-corrected chi connectivity index (χ1v) is 8.80. The van der Waals surface area contributed by atoms with Crippen LogP contribution in [0, 0.1) is 23.7 Å². The van der Waals surface area contributed by atoms with Crippen LogP contribution in [-0.2, 0) is 0 Å². The highest BCUT2D eigenvalue weighted by Gasteiger charge is 2.41. The fourth-order valence-corrected chi connectivity index (χ4v) is 4.16. The highest BCUT2D eigenvalue weighted by molar-refractivity contribution is 4.93. The molecular formula is C17H32N2. The molecule has 0 aliphatic heterocycles. The van der Waals surface area contributed by atoms with Gasteiger partial charge in [0.25, 0.3) is 0 Å². The van der Waals surface area contributed by atoms with Gasteiger partial charge in [0.1, 0.15) is 0 Å². The molecule has 0 radical (unpaired) electrons. The Morgan fingerprint density at radius 1 is 0.895 bits per heavy atom. The lowest BCUT2D eigenvalue weighted by Gasteiger charge is -2.28. The zero-order valence-electron chi connectivity index (χ0n) is 12.4. The fraction of sp³-hybridized carbons (Fsp3) is 1.00. The molecule has 1 atom stereocenters. The number of hydrogen-bond acceptors (Lipinski definition) is 2. The van der Waals surface area contributed by atoms with E-state index in [-0.39, 0.29) is 0 Å². The summed E-state index contributed by atoms with van der Waals surface area (Å²) in [6, 6.07) is 0.586. The molecule has 3 aliphatic rings. The van der Waals surface area contributed by atoms with E-state index in [0.717, 1.165) is 30.2 Å². The molecule has 3 aliphatic carbocycles. The van der Waals surface area contributed by atoms with Crippen LogP contribution in [0.1, 0.15) is 64.2 Å². The Kier molecular flexibility index (Phi) is 4.81. The monoisotopic (exact) mass is 264 g/mol. The molecule has 0 saturated heterocycles. The van der Waals surface area contributed by atoms with Gasteiger partial charge in [0.2, 0.25) is 0 Å². The molecule has 1 unspecified atom stereocenters. The first-order chi connectivity index (χ1) is 9.36. The maximum absolute atomic E-state index is 6.00. The maximum Gasteiger partial charge on any atom is 0.0193 e. The van der Waals surface area contributed by atoms with Crippen LogP contribution < -0.4 is 11.1 Å². The van der Waals surface area contributed by atoms with E-state index in [1.54, 1.807) is 0 Å². The highest BCUT2D eigenvalue weighted by atomic mass is 14.9. The predicted molar refractivity (Wildman–Crippen MR) is 81.0 cm³/mol. The SMILES string of the molecule is NCC(CC1CCCCC1)NCC(C1CC1)C1CC1. The van der Waals surface area contributed by atoms with E-state index >= 15 is 0 Å². The van der Waals surface area contributed by atoms with Gasteiger partial charge in [-0.15, -0.1) is 0 Å². The summed E-state index contributed by atoms with van der Waals surface area (Å²) in [6.07, 6.45) is 14.6. The van der Waals surface area contributed by atoms with E-state index in [1.165, 1.54) is 70.8 Å². The summed E-state index contributed by atoms with van der Waals surface area (Å²) >= 11 is 0. The van der Waals surface area contributed by atoms with Crippen molar-refractivity contribution in [2.24, 2.45) is 29.4 Å². The standard InChI is InChI=1S/C17H32N2/c18-11-16(10-13-4-2-1-3-5-13)19-12-17(14-6-7-14)15-8-9-15/h13-17,19H,1-12,18H2. The molecule has 3 fully saturated rings. The first-order valence-electron chi connectivity index (χ1n) is 8.80. The Balaban J connectivity index is 1.40. The second-order valence-electron chi connectivity index (χ2n) is 7.42. The fourth-order valence-electron chi connectivity index (χ4n) is 4.16. The Hall–Kier alpha value is -0.0800. The van der Waals surface area contributed by atoms with E-state index < -0.39 is 0 Å². The van der Waals surface area contributed by atoms with Crippen LogP contribution in [-0.4, -0.2) is 19.1 Å². The number of rotatable bonds is 8. The third kappa shape index (κ3) is 4.19. The Morgan fingerprint density at radius 3 is 2.05 bits per heavy atom. The average molecular weight is 264 g/mol. The van der Waals surface area contributed by atoms with Crippen molar-refractivity contribution in [1.29, 1.82) is 0 Å². The van der Waals surface area contributed by atoms with Gasteiger partial charge in [-0.3, -0.25) is 0 Å². The molecule has 0 aromatic rings. The van der Waals surface area contributed by atoms with Gasteiger partial charge in [-0.05, 0) is 62.3 Å². The van der Waals surface area contributed by atoms with E-state index in [9.17, 15) is 0 Å². The minimum atomic E-state index is 0.586. The first kappa shape index (κ1) is 13.9. The third-order valence-corrected chi connectivity index (χ3v) is 5.72. The van der Waals surface area contributed by atoms with Crippen molar-refractivity contribution in [2.75, 3.05) is 13.1 Å². The molecule has 2 nitrogen and oxygen atoms in total. The van der Waals surface area contributed by atoms with Crippen LogP contribution in [0.25, 0.3) is 0 Å². The summed E-state index contributed by atoms with van der Waals surface area (Å²) in [4.78, 5) is 0. The Morgan fingerprint density at radius 2 is 1.53 bits per heavy atom. The Bertz CT molecular complexity index is 252. The van der Waals surface area contributed by atoms with E-state index in [2.05, 4.69) is 5.32 Å². The summed E-state index contributed by atoms with van der Waals surface area (Å²) in [7, 11) is 0. The van der Waals surface area contributed by atoms with Crippen molar-refractivity contribution >= 4 is 0 Å². The average Bonchev–Trinajstić information content (AvgIpc) is 3.31. The highest BCUT2D eigenvalue weighted by Crippen LogP contribution is 2.48. The van der Waals surface area contributed by atoms with Gasteiger partial charge in [0.15, 0.2) is 0 Å². The van der Waals surface area contributed by atoms with Gasteiger partial charge in [-0.1, -0.05) is 32.1 Å². The van der Waals surface area contributed by atoms with Crippen molar-refractivity contribution < 1.29 is 0 Å². The van der Waals surface area contributed by atoms with Crippen molar-refractivity contribution in [1.82, 2.24) is 5.32 Å². The molecule has 0 aromatic heterocycles. The van der Waals surface area contributed by atoms with Crippen molar-refractivity contribution in [3.8, 4) is 0 Å². The molecule has 0 amide bonds. The van der Waals surface area contributed by atoms with Gasteiger partial charge in [-0.2, -0.15) is 0 Å². The molecular weight excluding hydrogens is 232 g/mol. The third-order valence-electron chi connectivity index (χ3n) is 5.72. The summed E-state index contributed by atoms with van der Waals surface area (Å²) in [5, 5.41) is 3.83. The largest absolute Gasteiger partial charge is 0.329 e. The summed E-state index contributed by atoms with van der Waals surface area (Å²) < 4.78 is 0. The lowest BCUT2D eigenvalue weighted by atomic mass is 9.84. The normalized spacial score (nSPS) is 26.8. The zero-order valence-corrected chi connectivity index (χ0v) is 12.4. The minimum Gasteiger partial charge on any atom is -0.329 e. The van der Waals surface area contributed by atoms with E-state index in [1.807, 2.05) is 0 Å². The molecule has 0 bridgehead atoms. The van der Waals surface area contributed by atoms with Gasteiger partial charge >= 0.3 is 0 Å². The van der Waals surface area contributed by atoms with Crippen LogP contribution in [0.3, 0.4) is 0 Å². The molecule has 19 heavy (non-hydrogen) atoms. The van der Waals surface area contributed by atoms with Crippen molar-refractivity contribution in [3.63, 3.8) is 0 Å². The van der Waals surface area contributed by atoms with Gasteiger partial charge in [0, 0.05) is 12.6 Å². The molecule has 0 spiro atoms. The van der Waals surface area contributed by atoms with Crippen molar-refractivity contribution in [3.05, 3.63) is 0 Å². The summed E-state index contributed by atoms with van der Waals surface area (Å²) in [6.45, 7) is 2.09. The van der Waals surface area contributed by atoms with Crippen LogP contribution in [0.5, 0.6) is 0 Å². The zero-order chi connectivity index (χ0) is 13.1. The second-order valence-corrected chi connectivity index (χ2v) is 7.42. The molecule has 110 valence electrons. The van der Waals surface area contributed by atoms with E-state index in [0.29, 0.717) is 6.04 Å². The van der Waals surface area contributed by atoms with Gasteiger partial charge in [0.05, 0.1) is 0 Å². The molecule has 0 aromatic carbocycles. The van der Waals surface area contributed by atoms with Gasteiger partial charge in [-0.25, -0.2) is 0 Å². The maximum atomic E-state index is 6.00. The molecule has 3 saturated carbocycles. The minimum absolute atomic E-state index is 0.586. The molecule has 3 N–H and O–H groups in total. The summed E-state index contributed by atoms with van der Waals surface area (Å²) in [5.41, 5.74) is 6.00. The summed E-state index contributed by atoms with van der Waals surface area (Å²) in [5.74, 6) is 4.07. The topological polar surface area (TPSA) is 38.0 Å². The molecule has 0 heterocycles. The Labute approximate surface area is 118 Å². The number of nitrogens with two attached hydrogens (primary N) is 1. The van der Waals surface area contributed by atoms with Crippen LogP contribution in [0.15, 0.2) is 0 Å². The molecule has 3 rings (SSSR count). The number of nitrogens with one attached hydrogen (secondary N) is 1. The smallest absolute Gasteiger partial charge is 0.0193 e. The predicted octanol–water partition coefficient (Wildman–Crippen LogP) is 3.31. The lowest BCUT2D eigenvalue weighted by molar-refractivity contribution is 0.282. The van der Waals surface area contributed by atoms with E-state index in [4.69, 9.17) is 5.73 Å².